The molecule has 3 saturated heterocycles. The molecule has 17 atom stereocenters. The third kappa shape index (κ3) is 25.9. The van der Waals surface area contributed by atoms with Gasteiger partial charge in [0, 0.05) is 6.42 Å². The number of rotatable bonds is 41. The van der Waals surface area contributed by atoms with Gasteiger partial charge in [-0.15, -0.1) is 0 Å². The summed E-state index contributed by atoms with van der Waals surface area (Å²) in [6.07, 6.45) is 20.1. The number of ether oxygens (including phenoxy) is 6. The zero-order chi connectivity index (χ0) is 56.2. The van der Waals surface area contributed by atoms with Crippen LogP contribution in [0.4, 0.5) is 0 Å². The second-order valence-electron chi connectivity index (χ2n) is 20.7. The van der Waals surface area contributed by atoms with Gasteiger partial charge in [-0.05, 0) is 57.8 Å². The molecule has 77 heavy (non-hydrogen) atoms. The fraction of sp³-hybridized carbons (Fsp3) is 0.810. The van der Waals surface area contributed by atoms with E-state index in [1.165, 1.54) is 64.2 Å². The summed E-state index contributed by atoms with van der Waals surface area (Å²) in [5.41, 5.74) is 0. The maximum atomic E-state index is 13.2. The van der Waals surface area contributed by atoms with Crippen molar-refractivity contribution in [3.05, 3.63) is 60.8 Å². The Kier molecular flexibility index (Phi) is 37.0. The standard InChI is InChI=1S/C58H101NO18/c1-3-5-7-9-10-11-12-13-14-15-16-17-18-19-20-21-22-23-24-25-26-27-28-29-30-32-34-36-46(64)59-41(42(63)35-33-31-8-6-4-2)40-72-56-52(70)49(67)54(44(38-61)74-56)77-58-53(71)50(68)55(45(39-62)75-58)76-57-51(69)48(66)47(65)43(37-60)73-57/h5,7,10-11,13-14,16-17,33,35,41-45,47-58,60-63,65-71H,3-4,6,8-9,12,15,18-32,34,36-40H2,1-2H3,(H,59,64)/b7-5-,11-10-,14-13-,17-16-,35-33+. The number of nitrogens with one attached hydrogen (secondary N) is 1. The van der Waals surface area contributed by atoms with E-state index in [1.807, 2.05) is 6.08 Å². The van der Waals surface area contributed by atoms with Crippen molar-refractivity contribution in [2.45, 2.75) is 272 Å². The summed E-state index contributed by atoms with van der Waals surface area (Å²) in [5, 5.41) is 119. The van der Waals surface area contributed by atoms with Gasteiger partial charge < -0.3 is 89.9 Å². The van der Waals surface area contributed by atoms with E-state index in [4.69, 9.17) is 28.4 Å². The van der Waals surface area contributed by atoms with Gasteiger partial charge in [0.1, 0.15) is 73.2 Å². The number of carbonyl (C=O) groups is 1. The molecule has 3 rings (SSSR count). The molecule has 1 amide bonds. The Morgan fingerprint density at radius 2 is 0.896 bits per heavy atom. The number of allylic oxidation sites excluding steroid dienone is 9. The molecule has 0 aliphatic carbocycles. The maximum absolute atomic E-state index is 13.2. The second-order valence-corrected chi connectivity index (χ2v) is 20.7. The van der Waals surface area contributed by atoms with Gasteiger partial charge in [0.2, 0.25) is 5.91 Å². The maximum Gasteiger partial charge on any atom is 0.220 e. The van der Waals surface area contributed by atoms with Gasteiger partial charge in [-0.1, -0.05) is 164 Å². The molecule has 3 fully saturated rings. The fourth-order valence-electron chi connectivity index (χ4n) is 9.53. The number of aliphatic hydroxyl groups is 11. The molecule has 19 nitrogen and oxygen atoms in total. The van der Waals surface area contributed by atoms with Crippen molar-refractivity contribution in [1.29, 1.82) is 0 Å². The molecule has 0 spiro atoms. The Morgan fingerprint density at radius 3 is 1.40 bits per heavy atom. The molecule has 0 aromatic heterocycles. The van der Waals surface area contributed by atoms with Crippen LogP contribution in [-0.4, -0.2) is 193 Å². The third-order valence-corrected chi connectivity index (χ3v) is 14.3. The number of hydrogen-bond donors (Lipinski definition) is 12. The largest absolute Gasteiger partial charge is 0.394 e. The predicted molar refractivity (Wildman–Crippen MR) is 291 cm³/mol. The van der Waals surface area contributed by atoms with Crippen LogP contribution in [0.2, 0.25) is 0 Å². The van der Waals surface area contributed by atoms with Crippen LogP contribution in [0, 0.1) is 0 Å². The molecule has 0 saturated carbocycles. The lowest BCUT2D eigenvalue weighted by Crippen LogP contribution is -2.66. The molecule has 0 aromatic rings. The minimum Gasteiger partial charge on any atom is -0.394 e. The van der Waals surface area contributed by atoms with E-state index in [0.717, 1.165) is 77.0 Å². The quantitative estimate of drug-likeness (QED) is 0.0297. The van der Waals surface area contributed by atoms with E-state index in [9.17, 15) is 61.0 Å². The van der Waals surface area contributed by atoms with Crippen molar-refractivity contribution in [2.75, 3.05) is 26.4 Å². The number of hydrogen-bond acceptors (Lipinski definition) is 18. The van der Waals surface area contributed by atoms with Gasteiger partial charge >= 0.3 is 0 Å². The Morgan fingerprint density at radius 1 is 0.481 bits per heavy atom. The van der Waals surface area contributed by atoms with E-state index in [2.05, 4.69) is 67.8 Å². The van der Waals surface area contributed by atoms with Crippen molar-refractivity contribution in [3.8, 4) is 0 Å². The van der Waals surface area contributed by atoms with Crippen LogP contribution in [0.25, 0.3) is 0 Å². The van der Waals surface area contributed by atoms with Crippen molar-refractivity contribution in [3.63, 3.8) is 0 Å². The minimum absolute atomic E-state index is 0.238. The Hall–Kier alpha value is -2.51. The highest BCUT2D eigenvalue weighted by molar-refractivity contribution is 5.76. The Labute approximate surface area is 458 Å². The molecule has 17 unspecified atom stereocenters. The Bertz CT molecular complexity index is 1650. The summed E-state index contributed by atoms with van der Waals surface area (Å²) in [6, 6.07) is -0.971. The van der Waals surface area contributed by atoms with Crippen LogP contribution >= 0.6 is 0 Å². The number of aliphatic hydroxyl groups excluding tert-OH is 11. The van der Waals surface area contributed by atoms with Crippen LogP contribution in [0.5, 0.6) is 0 Å². The SMILES string of the molecule is CC/C=C\C/C=C\C/C=C\C/C=C\CCCCCCCCCCCCCCCCC(=O)NC(COC1OC(CO)C(OC2OC(CO)C(OC3OC(CO)C(O)C(O)C3O)C(O)C2O)C(O)C1O)C(O)/C=C/CCCCC. The number of carbonyl (C=O) groups excluding carboxylic acids is 1. The summed E-state index contributed by atoms with van der Waals surface area (Å²) < 4.78 is 34.0. The van der Waals surface area contributed by atoms with Crippen molar-refractivity contribution in [2.24, 2.45) is 0 Å². The molecular weight excluding hydrogens is 999 g/mol. The van der Waals surface area contributed by atoms with E-state index < -0.39 is 124 Å². The highest BCUT2D eigenvalue weighted by Gasteiger charge is 2.53. The van der Waals surface area contributed by atoms with Crippen molar-refractivity contribution in [1.82, 2.24) is 5.32 Å². The van der Waals surface area contributed by atoms with E-state index in [-0.39, 0.29) is 18.9 Å². The average molecular weight is 1100 g/mol. The topological polar surface area (TPSA) is 307 Å². The average Bonchev–Trinajstić information content (AvgIpc) is 3.42. The predicted octanol–water partition coefficient (Wildman–Crippen LogP) is 4.48. The fourth-order valence-corrected chi connectivity index (χ4v) is 9.53. The highest BCUT2D eigenvalue weighted by atomic mass is 16.8. The molecule has 3 heterocycles. The van der Waals surface area contributed by atoms with Crippen LogP contribution in [0.15, 0.2) is 60.8 Å². The first-order valence-electron chi connectivity index (χ1n) is 29.0. The van der Waals surface area contributed by atoms with Gasteiger partial charge in [0.05, 0.1) is 38.6 Å². The second kappa shape index (κ2) is 41.5. The van der Waals surface area contributed by atoms with Gasteiger partial charge in [-0.25, -0.2) is 0 Å². The molecule has 0 bridgehead atoms. The molecular formula is C58H101NO18. The van der Waals surface area contributed by atoms with Gasteiger partial charge in [-0.2, -0.15) is 0 Å². The Balaban J connectivity index is 1.36. The monoisotopic (exact) mass is 1100 g/mol. The molecule has 12 N–H and O–H groups in total. The van der Waals surface area contributed by atoms with Gasteiger partial charge in [0.15, 0.2) is 18.9 Å². The zero-order valence-corrected chi connectivity index (χ0v) is 46.2. The lowest BCUT2D eigenvalue weighted by molar-refractivity contribution is -0.379. The van der Waals surface area contributed by atoms with E-state index >= 15 is 0 Å². The number of amides is 1. The van der Waals surface area contributed by atoms with Crippen LogP contribution in [0.1, 0.15) is 168 Å². The van der Waals surface area contributed by atoms with Crippen LogP contribution < -0.4 is 5.32 Å². The summed E-state index contributed by atoms with van der Waals surface area (Å²) in [5.74, 6) is -0.287. The molecule has 0 radical (unpaired) electrons. The van der Waals surface area contributed by atoms with Gasteiger partial charge in [0.25, 0.3) is 0 Å². The number of unbranched alkanes of at least 4 members (excludes halogenated alkanes) is 17. The lowest BCUT2D eigenvalue weighted by atomic mass is 9.96. The smallest absolute Gasteiger partial charge is 0.220 e. The van der Waals surface area contributed by atoms with Crippen LogP contribution in [-0.2, 0) is 33.2 Å². The summed E-state index contributed by atoms with van der Waals surface area (Å²) in [6.45, 7) is 1.46. The zero-order valence-electron chi connectivity index (χ0n) is 46.2. The third-order valence-electron chi connectivity index (χ3n) is 14.3. The first-order valence-corrected chi connectivity index (χ1v) is 29.0. The molecule has 0 aromatic carbocycles. The van der Waals surface area contributed by atoms with Gasteiger partial charge in [-0.3, -0.25) is 4.79 Å². The summed E-state index contributed by atoms with van der Waals surface area (Å²) in [4.78, 5) is 13.2. The normalized spacial score (nSPS) is 31.2. The van der Waals surface area contributed by atoms with Crippen molar-refractivity contribution >= 4 is 5.91 Å². The van der Waals surface area contributed by atoms with Crippen molar-refractivity contribution < 1.29 is 89.4 Å². The minimum atomic E-state index is -1.98. The van der Waals surface area contributed by atoms with E-state index in [0.29, 0.717) is 6.42 Å². The highest BCUT2D eigenvalue weighted by Crippen LogP contribution is 2.33. The van der Waals surface area contributed by atoms with E-state index in [1.54, 1.807) is 6.08 Å². The molecule has 19 heteroatoms. The first-order chi connectivity index (χ1) is 37.3. The molecule has 446 valence electrons. The summed E-state index contributed by atoms with van der Waals surface area (Å²) in [7, 11) is 0. The molecule has 3 aliphatic heterocycles. The lowest BCUT2D eigenvalue weighted by Gasteiger charge is -2.48. The molecule has 3 aliphatic rings. The van der Waals surface area contributed by atoms with Crippen LogP contribution in [0.3, 0.4) is 0 Å². The first kappa shape index (κ1) is 68.8. The summed E-state index contributed by atoms with van der Waals surface area (Å²) >= 11 is 0.